The van der Waals surface area contributed by atoms with E-state index in [4.69, 9.17) is 4.74 Å². The summed E-state index contributed by atoms with van der Waals surface area (Å²) in [5.41, 5.74) is -0.472. The molecule has 2 rings (SSSR count). The average Bonchev–Trinajstić information content (AvgIpc) is 2.54. The van der Waals surface area contributed by atoms with Gasteiger partial charge in [0.15, 0.2) is 4.90 Å². The molecule has 0 aromatic heterocycles. The quantitative estimate of drug-likeness (QED) is 0.625. The van der Waals surface area contributed by atoms with Gasteiger partial charge in [0.1, 0.15) is 5.75 Å². The van der Waals surface area contributed by atoms with Crippen LogP contribution >= 0.6 is 12.4 Å². The van der Waals surface area contributed by atoms with Crippen molar-refractivity contribution in [1.82, 2.24) is 9.62 Å². The molecule has 1 aromatic rings. The maximum absolute atomic E-state index is 12.7. The molecule has 1 saturated heterocycles. The Labute approximate surface area is 141 Å². The minimum atomic E-state index is -3.93. The van der Waals surface area contributed by atoms with Crippen LogP contribution < -0.4 is 10.1 Å². The second-order valence-corrected chi connectivity index (χ2v) is 7.06. The van der Waals surface area contributed by atoms with E-state index in [9.17, 15) is 18.5 Å². The van der Waals surface area contributed by atoms with E-state index in [1.54, 1.807) is 0 Å². The third-order valence-corrected chi connectivity index (χ3v) is 5.80. The van der Waals surface area contributed by atoms with Crippen molar-refractivity contribution in [2.45, 2.75) is 23.8 Å². The third kappa shape index (κ3) is 4.11. The number of benzene rings is 1. The Bertz CT molecular complexity index is 662. The molecular formula is C13H20ClN3O5S. The second kappa shape index (κ2) is 7.91. The fraction of sp³-hybridized carbons (Fsp3) is 0.538. The van der Waals surface area contributed by atoms with Crippen LogP contribution in [0.3, 0.4) is 0 Å². The molecule has 1 aliphatic rings. The van der Waals surface area contributed by atoms with Crippen LogP contribution in [0.1, 0.15) is 12.8 Å². The van der Waals surface area contributed by atoms with Gasteiger partial charge in [0.2, 0.25) is 10.0 Å². The molecule has 23 heavy (non-hydrogen) atoms. The maximum atomic E-state index is 12.7. The number of sulfonamides is 1. The molecule has 1 heterocycles. The number of halogens is 1. The van der Waals surface area contributed by atoms with E-state index in [0.717, 1.165) is 19.2 Å². The number of nitro benzene ring substituents is 1. The molecular weight excluding hydrogens is 346 g/mol. The topological polar surface area (TPSA) is 102 Å². The smallest absolute Gasteiger partial charge is 0.293 e. The number of nitrogens with zero attached hydrogens (tertiary/aromatic N) is 2. The predicted molar refractivity (Wildman–Crippen MR) is 87.7 cm³/mol. The van der Waals surface area contributed by atoms with E-state index in [1.807, 2.05) is 0 Å². The van der Waals surface area contributed by atoms with Crippen LogP contribution in [0.4, 0.5) is 5.69 Å². The van der Waals surface area contributed by atoms with Crippen molar-refractivity contribution in [2.24, 2.45) is 0 Å². The minimum Gasteiger partial charge on any atom is -0.497 e. The third-order valence-electron chi connectivity index (χ3n) is 3.84. The van der Waals surface area contributed by atoms with E-state index in [1.165, 1.54) is 30.6 Å². The van der Waals surface area contributed by atoms with Gasteiger partial charge < -0.3 is 10.1 Å². The molecule has 0 amide bonds. The highest BCUT2D eigenvalue weighted by Gasteiger charge is 2.34. The number of hydrogen-bond donors (Lipinski definition) is 1. The first-order valence-corrected chi connectivity index (χ1v) is 8.33. The normalized spacial score (nSPS) is 16.0. The molecule has 0 atom stereocenters. The van der Waals surface area contributed by atoms with E-state index in [-0.39, 0.29) is 29.1 Å². The Balaban J connectivity index is 0.00000264. The summed E-state index contributed by atoms with van der Waals surface area (Å²) >= 11 is 0. The lowest BCUT2D eigenvalue weighted by Gasteiger charge is -2.30. The van der Waals surface area contributed by atoms with Crippen molar-refractivity contribution in [3.8, 4) is 5.75 Å². The Kier molecular flexibility index (Phi) is 6.75. The van der Waals surface area contributed by atoms with Crippen LogP contribution in [0.15, 0.2) is 23.1 Å². The van der Waals surface area contributed by atoms with E-state index in [0.29, 0.717) is 12.8 Å². The SMILES string of the molecule is COc1ccc(S(=O)(=O)N(C)C2CCNCC2)c([N+](=O)[O-])c1.Cl. The molecule has 130 valence electrons. The van der Waals surface area contributed by atoms with Crippen LogP contribution in [-0.4, -0.2) is 50.9 Å². The van der Waals surface area contributed by atoms with Crippen LogP contribution in [0, 0.1) is 10.1 Å². The van der Waals surface area contributed by atoms with Crippen molar-refractivity contribution in [3.05, 3.63) is 28.3 Å². The number of nitro groups is 1. The van der Waals surface area contributed by atoms with Gasteiger partial charge in [-0.05, 0) is 38.1 Å². The molecule has 0 aliphatic carbocycles. The van der Waals surface area contributed by atoms with Gasteiger partial charge in [-0.15, -0.1) is 12.4 Å². The summed E-state index contributed by atoms with van der Waals surface area (Å²) in [7, 11) is -1.09. The molecule has 0 unspecified atom stereocenters. The number of piperidine rings is 1. The summed E-state index contributed by atoms with van der Waals surface area (Å²) in [4.78, 5) is 10.2. The van der Waals surface area contributed by atoms with Gasteiger partial charge in [0, 0.05) is 13.1 Å². The zero-order chi connectivity index (χ0) is 16.3. The van der Waals surface area contributed by atoms with Gasteiger partial charge in [-0.3, -0.25) is 10.1 Å². The Hall–Kier alpha value is -1.42. The second-order valence-electron chi connectivity index (χ2n) is 5.09. The summed E-state index contributed by atoms with van der Waals surface area (Å²) in [5.74, 6) is 0.246. The van der Waals surface area contributed by atoms with Crippen LogP contribution in [-0.2, 0) is 10.0 Å². The van der Waals surface area contributed by atoms with Gasteiger partial charge in [0.25, 0.3) is 5.69 Å². The molecule has 0 spiro atoms. The Morgan fingerprint density at radius 3 is 2.48 bits per heavy atom. The summed E-state index contributed by atoms with van der Waals surface area (Å²) in [6, 6.07) is 3.61. The molecule has 1 aromatic carbocycles. The first-order valence-electron chi connectivity index (χ1n) is 6.89. The zero-order valence-electron chi connectivity index (χ0n) is 12.9. The molecule has 1 fully saturated rings. The number of ether oxygens (including phenoxy) is 1. The number of nitrogens with one attached hydrogen (secondary N) is 1. The minimum absolute atomic E-state index is 0. The van der Waals surface area contributed by atoms with Crippen molar-refractivity contribution in [2.75, 3.05) is 27.2 Å². The van der Waals surface area contributed by atoms with Crippen molar-refractivity contribution in [3.63, 3.8) is 0 Å². The van der Waals surface area contributed by atoms with Crippen LogP contribution in [0.5, 0.6) is 5.75 Å². The van der Waals surface area contributed by atoms with Gasteiger partial charge in [-0.25, -0.2) is 8.42 Å². The van der Waals surface area contributed by atoms with Gasteiger partial charge >= 0.3 is 0 Å². The van der Waals surface area contributed by atoms with Gasteiger partial charge in [0.05, 0.1) is 18.1 Å². The molecule has 1 N–H and O–H groups in total. The highest BCUT2D eigenvalue weighted by molar-refractivity contribution is 7.89. The Morgan fingerprint density at radius 2 is 1.96 bits per heavy atom. The van der Waals surface area contributed by atoms with Gasteiger partial charge in [-0.1, -0.05) is 0 Å². The number of methoxy groups -OCH3 is 1. The summed E-state index contributed by atoms with van der Waals surface area (Å²) < 4.78 is 31.6. The average molecular weight is 366 g/mol. The van der Waals surface area contributed by atoms with Crippen LogP contribution in [0.25, 0.3) is 0 Å². The molecule has 0 bridgehead atoms. The fourth-order valence-corrected chi connectivity index (χ4v) is 4.06. The molecule has 1 aliphatic heterocycles. The summed E-state index contributed by atoms with van der Waals surface area (Å²) in [5, 5.41) is 14.4. The fourth-order valence-electron chi connectivity index (χ4n) is 2.51. The first kappa shape index (κ1) is 19.6. The maximum Gasteiger partial charge on any atom is 0.293 e. The number of rotatable bonds is 5. The summed E-state index contributed by atoms with van der Waals surface area (Å²) in [6.07, 6.45) is 1.36. The van der Waals surface area contributed by atoms with Gasteiger partial charge in [-0.2, -0.15) is 4.31 Å². The standard InChI is InChI=1S/C13H19N3O5S.ClH/c1-15(10-5-7-14-8-6-10)22(19,20)13-4-3-11(21-2)9-12(13)16(17)18;/h3-4,9-10,14H,5-8H2,1-2H3;1H. The zero-order valence-corrected chi connectivity index (χ0v) is 14.5. The lowest BCUT2D eigenvalue weighted by atomic mass is 10.1. The predicted octanol–water partition coefficient (Wildman–Crippen LogP) is 1.40. The van der Waals surface area contributed by atoms with Crippen molar-refractivity contribution in [1.29, 1.82) is 0 Å². The molecule has 0 saturated carbocycles. The van der Waals surface area contributed by atoms with E-state index in [2.05, 4.69) is 5.32 Å². The van der Waals surface area contributed by atoms with Crippen molar-refractivity contribution >= 4 is 28.1 Å². The van der Waals surface area contributed by atoms with Crippen LogP contribution in [0.2, 0.25) is 0 Å². The van der Waals surface area contributed by atoms with E-state index < -0.39 is 20.6 Å². The lowest BCUT2D eigenvalue weighted by Crippen LogP contribution is -2.43. The number of hydrogen-bond acceptors (Lipinski definition) is 6. The lowest BCUT2D eigenvalue weighted by molar-refractivity contribution is -0.387. The highest BCUT2D eigenvalue weighted by Crippen LogP contribution is 2.31. The van der Waals surface area contributed by atoms with Crippen molar-refractivity contribution < 1.29 is 18.1 Å². The van der Waals surface area contributed by atoms with E-state index >= 15 is 0 Å². The highest BCUT2D eigenvalue weighted by atomic mass is 35.5. The monoisotopic (exact) mass is 365 g/mol. The molecule has 0 radical (unpaired) electrons. The molecule has 8 nitrogen and oxygen atoms in total. The largest absolute Gasteiger partial charge is 0.497 e. The summed E-state index contributed by atoms with van der Waals surface area (Å²) in [6.45, 7) is 1.46. The first-order chi connectivity index (χ1) is 10.4. The molecule has 10 heteroatoms. The Morgan fingerprint density at radius 1 is 1.35 bits per heavy atom.